The van der Waals surface area contributed by atoms with Crippen LogP contribution < -0.4 is 5.73 Å². The average Bonchev–Trinajstić information content (AvgIpc) is 2.39. The third kappa shape index (κ3) is 2.88. The smallest absolute Gasteiger partial charge is 0.255 e. The largest absolute Gasteiger partial charge is 0.339 e. The Bertz CT molecular complexity index is 406. The lowest BCUT2D eigenvalue weighted by molar-refractivity contribution is 0.0680. The Labute approximate surface area is 108 Å². The number of pyridine rings is 1. The lowest BCUT2D eigenvalue weighted by Crippen LogP contribution is -2.42. The number of carbonyl (C=O) groups is 1. The first-order valence-corrected chi connectivity index (χ1v) is 6.55. The van der Waals surface area contributed by atoms with E-state index in [0.29, 0.717) is 11.5 Å². The van der Waals surface area contributed by atoms with Crippen molar-refractivity contribution in [3.63, 3.8) is 0 Å². The normalized spacial score (nSPS) is 18.7. The van der Waals surface area contributed by atoms with Crippen LogP contribution in [-0.4, -0.2) is 34.9 Å². The van der Waals surface area contributed by atoms with E-state index in [-0.39, 0.29) is 11.9 Å². The second-order valence-electron chi connectivity index (χ2n) is 5.18. The number of nitrogens with two attached hydrogens (primary N) is 1. The van der Waals surface area contributed by atoms with Crippen molar-refractivity contribution in [2.45, 2.75) is 32.7 Å². The Morgan fingerprint density at radius 2 is 2.11 bits per heavy atom. The minimum Gasteiger partial charge on any atom is -0.339 e. The van der Waals surface area contributed by atoms with Crippen molar-refractivity contribution >= 4 is 5.91 Å². The SMILES string of the molecule is Cc1ccc(C(=O)N2CCC(C(C)N)CC2)cn1. The van der Waals surface area contributed by atoms with Gasteiger partial charge in [0.05, 0.1) is 5.56 Å². The molecule has 1 aliphatic heterocycles. The topological polar surface area (TPSA) is 59.2 Å². The number of aryl methyl sites for hydroxylation is 1. The van der Waals surface area contributed by atoms with E-state index in [1.54, 1.807) is 6.20 Å². The Morgan fingerprint density at radius 3 is 2.61 bits per heavy atom. The molecule has 1 aromatic heterocycles. The zero-order chi connectivity index (χ0) is 13.1. The van der Waals surface area contributed by atoms with Crippen LogP contribution in [0.5, 0.6) is 0 Å². The highest BCUT2D eigenvalue weighted by atomic mass is 16.2. The molecular weight excluding hydrogens is 226 g/mol. The molecule has 0 aromatic carbocycles. The molecule has 4 heteroatoms. The summed E-state index contributed by atoms with van der Waals surface area (Å²) in [6.07, 6.45) is 3.67. The van der Waals surface area contributed by atoms with Gasteiger partial charge in [-0.05, 0) is 44.7 Å². The van der Waals surface area contributed by atoms with Crippen molar-refractivity contribution < 1.29 is 4.79 Å². The van der Waals surface area contributed by atoms with Gasteiger partial charge in [-0.15, -0.1) is 0 Å². The molecule has 98 valence electrons. The lowest BCUT2D eigenvalue weighted by Gasteiger charge is -2.33. The maximum Gasteiger partial charge on any atom is 0.255 e. The van der Waals surface area contributed by atoms with Crippen LogP contribution in [0.25, 0.3) is 0 Å². The maximum absolute atomic E-state index is 12.2. The van der Waals surface area contributed by atoms with Crippen LogP contribution in [0.3, 0.4) is 0 Å². The van der Waals surface area contributed by atoms with E-state index in [2.05, 4.69) is 4.98 Å². The standard InChI is InChI=1S/C14H21N3O/c1-10-3-4-13(9-16-10)14(18)17-7-5-12(6-8-17)11(2)15/h3-4,9,11-12H,5-8,15H2,1-2H3. The molecule has 0 bridgehead atoms. The number of carbonyl (C=O) groups excluding carboxylic acids is 1. The number of aromatic nitrogens is 1. The molecule has 0 spiro atoms. The van der Waals surface area contributed by atoms with Crippen molar-refractivity contribution in [1.29, 1.82) is 0 Å². The number of nitrogens with zero attached hydrogens (tertiary/aromatic N) is 2. The van der Waals surface area contributed by atoms with Crippen LogP contribution in [0.15, 0.2) is 18.3 Å². The number of piperidine rings is 1. The Morgan fingerprint density at radius 1 is 1.44 bits per heavy atom. The molecule has 2 heterocycles. The minimum absolute atomic E-state index is 0.0885. The summed E-state index contributed by atoms with van der Waals surface area (Å²) in [4.78, 5) is 18.3. The second kappa shape index (κ2) is 5.48. The number of rotatable bonds is 2. The van der Waals surface area contributed by atoms with Gasteiger partial charge < -0.3 is 10.6 Å². The lowest BCUT2D eigenvalue weighted by atomic mass is 9.91. The molecule has 0 saturated carbocycles. The molecule has 4 nitrogen and oxygen atoms in total. The van der Waals surface area contributed by atoms with Crippen LogP contribution in [0.2, 0.25) is 0 Å². The van der Waals surface area contributed by atoms with Crippen molar-refractivity contribution in [2.75, 3.05) is 13.1 Å². The van der Waals surface area contributed by atoms with Crippen molar-refractivity contribution in [3.05, 3.63) is 29.6 Å². The fraction of sp³-hybridized carbons (Fsp3) is 0.571. The van der Waals surface area contributed by atoms with E-state index in [9.17, 15) is 4.79 Å². The average molecular weight is 247 g/mol. The monoisotopic (exact) mass is 247 g/mol. The molecule has 1 atom stereocenters. The third-order valence-corrected chi connectivity index (χ3v) is 3.73. The molecule has 1 amide bonds. The zero-order valence-corrected chi connectivity index (χ0v) is 11.1. The molecule has 1 unspecified atom stereocenters. The first kappa shape index (κ1) is 13.0. The fourth-order valence-electron chi connectivity index (χ4n) is 2.41. The van der Waals surface area contributed by atoms with Crippen molar-refractivity contribution in [2.24, 2.45) is 11.7 Å². The molecule has 1 saturated heterocycles. The second-order valence-corrected chi connectivity index (χ2v) is 5.18. The van der Waals surface area contributed by atoms with Gasteiger partial charge in [0.2, 0.25) is 0 Å². The summed E-state index contributed by atoms with van der Waals surface area (Å²) in [5, 5.41) is 0. The van der Waals surface area contributed by atoms with Crippen molar-refractivity contribution in [3.8, 4) is 0 Å². The molecular formula is C14H21N3O. The summed E-state index contributed by atoms with van der Waals surface area (Å²) in [6, 6.07) is 3.95. The first-order chi connectivity index (χ1) is 8.58. The Hall–Kier alpha value is -1.42. The molecule has 1 fully saturated rings. The molecule has 0 radical (unpaired) electrons. The predicted octanol–water partition coefficient (Wildman–Crippen LogP) is 1.59. The van der Waals surface area contributed by atoms with Gasteiger partial charge in [-0.2, -0.15) is 0 Å². The fourth-order valence-corrected chi connectivity index (χ4v) is 2.41. The van der Waals surface area contributed by atoms with Gasteiger partial charge in [0.1, 0.15) is 0 Å². The Kier molecular flexibility index (Phi) is 3.97. The summed E-state index contributed by atoms with van der Waals surface area (Å²) < 4.78 is 0. The van der Waals surface area contributed by atoms with E-state index in [1.165, 1.54) is 0 Å². The molecule has 18 heavy (non-hydrogen) atoms. The molecule has 2 rings (SSSR count). The van der Waals surface area contributed by atoms with Gasteiger partial charge in [-0.3, -0.25) is 9.78 Å². The van der Waals surface area contributed by atoms with Crippen LogP contribution in [0.4, 0.5) is 0 Å². The van der Waals surface area contributed by atoms with Crippen LogP contribution in [0, 0.1) is 12.8 Å². The minimum atomic E-state index is 0.0885. The maximum atomic E-state index is 12.2. The zero-order valence-electron chi connectivity index (χ0n) is 11.1. The molecule has 0 aliphatic carbocycles. The van der Waals surface area contributed by atoms with E-state index in [4.69, 9.17) is 5.73 Å². The summed E-state index contributed by atoms with van der Waals surface area (Å²) in [7, 11) is 0. The van der Waals surface area contributed by atoms with E-state index in [0.717, 1.165) is 31.6 Å². The van der Waals surface area contributed by atoms with Gasteiger partial charge in [-0.1, -0.05) is 0 Å². The van der Waals surface area contributed by atoms with Gasteiger partial charge in [0, 0.05) is 31.0 Å². The molecule has 1 aliphatic rings. The number of hydrogen-bond donors (Lipinski definition) is 1. The summed E-state index contributed by atoms with van der Waals surface area (Å²) >= 11 is 0. The van der Waals surface area contributed by atoms with Gasteiger partial charge in [0.15, 0.2) is 0 Å². The quantitative estimate of drug-likeness (QED) is 0.863. The Balaban J connectivity index is 1.97. The third-order valence-electron chi connectivity index (χ3n) is 3.73. The van der Waals surface area contributed by atoms with Crippen LogP contribution in [-0.2, 0) is 0 Å². The van der Waals surface area contributed by atoms with Gasteiger partial charge in [-0.25, -0.2) is 0 Å². The van der Waals surface area contributed by atoms with Gasteiger partial charge >= 0.3 is 0 Å². The summed E-state index contributed by atoms with van der Waals surface area (Å²) in [5.74, 6) is 0.635. The highest BCUT2D eigenvalue weighted by molar-refractivity contribution is 5.93. The van der Waals surface area contributed by atoms with Crippen molar-refractivity contribution in [1.82, 2.24) is 9.88 Å². The highest BCUT2D eigenvalue weighted by Gasteiger charge is 2.25. The number of amides is 1. The summed E-state index contributed by atoms with van der Waals surface area (Å²) in [6.45, 7) is 5.58. The first-order valence-electron chi connectivity index (χ1n) is 6.55. The number of likely N-dealkylation sites (tertiary alicyclic amines) is 1. The van der Waals surface area contributed by atoms with Gasteiger partial charge in [0.25, 0.3) is 5.91 Å². The van der Waals surface area contributed by atoms with Crippen LogP contribution in [0.1, 0.15) is 35.8 Å². The van der Waals surface area contributed by atoms with E-state index < -0.39 is 0 Å². The van der Waals surface area contributed by atoms with E-state index >= 15 is 0 Å². The highest BCUT2D eigenvalue weighted by Crippen LogP contribution is 2.20. The summed E-state index contributed by atoms with van der Waals surface area (Å²) in [5.41, 5.74) is 7.52. The van der Waals surface area contributed by atoms with E-state index in [1.807, 2.05) is 30.9 Å². The molecule has 1 aromatic rings. The van der Waals surface area contributed by atoms with Crippen LogP contribution >= 0.6 is 0 Å². The predicted molar refractivity (Wildman–Crippen MR) is 71.3 cm³/mol. The number of hydrogen-bond acceptors (Lipinski definition) is 3. The molecule has 2 N–H and O–H groups in total.